The Kier molecular flexibility index (Phi) is 21.7. The van der Waals surface area contributed by atoms with E-state index in [-0.39, 0.29) is 43.5 Å². The highest BCUT2D eigenvalue weighted by molar-refractivity contribution is 7.47. The molecule has 1 heterocycles. The summed E-state index contributed by atoms with van der Waals surface area (Å²) in [5.74, 6) is -4.13. The molecule has 6 atom stereocenters. The van der Waals surface area contributed by atoms with Crippen LogP contribution < -0.4 is 27.0 Å². The highest BCUT2D eigenvalue weighted by atomic mass is 31.2. The first-order valence-corrected chi connectivity index (χ1v) is 21.2. The van der Waals surface area contributed by atoms with Gasteiger partial charge in [-0.3, -0.25) is 37.8 Å². The predicted octanol–water partition coefficient (Wildman–Crippen LogP) is 2.14. The Morgan fingerprint density at radius 2 is 1.60 bits per heavy atom. The van der Waals surface area contributed by atoms with Crippen molar-refractivity contribution in [2.45, 2.75) is 129 Å². The van der Waals surface area contributed by atoms with E-state index in [1.807, 2.05) is 32.0 Å². The Labute approximate surface area is 335 Å². The number of rotatable bonds is 27. The standard InChI is InChI=1S/C39H63N6O11P/c1-26(2)24-31(43-39(52)32-19-15-21-45(32)34(48)20-22-46)38(51)41-25-33(47)42-28(4)37(50)44-35(27(3)36(40)49)29(5)56-57(53,54)55-23-14-9-7-6-8-11-16-30-17-12-10-13-18-30/h10,12-13,17-18,26,28-29,31-32,35,46H,3,6-9,11,14-16,19-25H2,1-2,4-5H3,(H2,40,49)(H,41,51)(H,42,47)(H,43,52)(H,44,50)(H,53,54). The Morgan fingerprint density at radius 3 is 2.23 bits per heavy atom. The van der Waals surface area contributed by atoms with Crippen LogP contribution in [0.2, 0.25) is 0 Å². The molecule has 2 rings (SSSR count). The van der Waals surface area contributed by atoms with Gasteiger partial charge in [0.15, 0.2) is 0 Å². The third kappa shape index (κ3) is 18.3. The van der Waals surface area contributed by atoms with E-state index in [0.29, 0.717) is 25.8 Å². The van der Waals surface area contributed by atoms with E-state index in [2.05, 4.69) is 40.0 Å². The van der Waals surface area contributed by atoms with Gasteiger partial charge in [0.1, 0.15) is 18.1 Å². The van der Waals surface area contributed by atoms with Crippen molar-refractivity contribution in [3.05, 3.63) is 48.0 Å². The van der Waals surface area contributed by atoms with Crippen molar-refractivity contribution in [2.75, 3.05) is 26.3 Å². The van der Waals surface area contributed by atoms with Crippen LogP contribution in [0.3, 0.4) is 0 Å². The lowest BCUT2D eigenvalue weighted by molar-refractivity contribution is -0.140. The van der Waals surface area contributed by atoms with Crippen molar-refractivity contribution in [1.29, 1.82) is 0 Å². The van der Waals surface area contributed by atoms with Crippen LogP contribution in [0, 0.1) is 5.92 Å². The van der Waals surface area contributed by atoms with E-state index < -0.39 is 74.2 Å². The number of amides is 6. The molecule has 57 heavy (non-hydrogen) atoms. The summed E-state index contributed by atoms with van der Waals surface area (Å²) in [6, 6.07) is 5.86. The monoisotopic (exact) mass is 822 g/mol. The van der Waals surface area contributed by atoms with Crippen LogP contribution in [0.1, 0.15) is 97.5 Å². The number of aryl methyl sites for hydroxylation is 1. The molecule has 1 aromatic carbocycles. The van der Waals surface area contributed by atoms with Crippen LogP contribution in [0.25, 0.3) is 0 Å². The molecule has 1 fully saturated rings. The van der Waals surface area contributed by atoms with E-state index in [1.165, 1.54) is 24.3 Å². The summed E-state index contributed by atoms with van der Waals surface area (Å²) < 4.78 is 23.1. The van der Waals surface area contributed by atoms with Crippen LogP contribution in [0.5, 0.6) is 0 Å². The second-order valence-corrected chi connectivity index (χ2v) is 16.2. The number of hydrogen-bond donors (Lipinski definition) is 7. The van der Waals surface area contributed by atoms with Crippen molar-refractivity contribution < 1.29 is 52.4 Å². The number of aliphatic hydroxyl groups is 1. The zero-order chi connectivity index (χ0) is 42.5. The number of benzene rings is 1. The van der Waals surface area contributed by atoms with E-state index in [9.17, 15) is 38.2 Å². The fourth-order valence-corrected chi connectivity index (χ4v) is 7.34. The number of nitrogens with one attached hydrogen (secondary N) is 4. The average Bonchev–Trinajstić information content (AvgIpc) is 3.65. The molecule has 0 spiro atoms. The predicted molar refractivity (Wildman–Crippen MR) is 213 cm³/mol. The minimum absolute atomic E-state index is 0.0225. The zero-order valence-electron chi connectivity index (χ0n) is 33.7. The molecule has 0 saturated carbocycles. The number of primary amides is 1. The first kappa shape index (κ1) is 49.0. The molecule has 0 radical (unpaired) electrons. The minimum atomic E-state index is -4.63. The van der Waals surface area contributed by atoms with Gasteiger partial charge >= 0.3 is 7.82 Å². The summed E-state index contributed by atoms with van der Waals surface area (Å²) in [7, 11) is -4.63. The maximum Gasteiger partial charge on any atom is 0.472 e. The van der Waals surface area contributed by atoms with Crippen molar-refractivity contribution in [3.63, 3.8) is 0 Å². The number of unbranched alkanes of at least 4 members (excludes halogenated alkanes) is 5. The van der Waals surface area contributed by atoms with Gasteiger partial charge in [0.05, 0.1) is 31.9 Å². The first-order chi connectivity index (χ1) is 26.9. The molecule has 320 valence electrons. The smallest absolute Gasteiger partial charge is 0.396 e. The number of hydrogen-bond acceptors (Lipinski definition) is 10. The van der Waals surface area contributed by atoms with Crippen molar-refractivity contribution in [2.24, 2.45) is 11.7 Å². The van der Waals surface area contributed by atoms with Gasteiger partial charge in [-0.2, -0.15) is 0 Å². The fraction of sp³-hybridized carbons (Fsp3) is 0.641. The first-order valence-electron chi connectivity index (χ1n) is 19.7. The maximum absolute atomic E-state index is 13.1. The molecular weight excluding hydrogens is 759 g/mol. The summed E-state index contributed by atoms with van der Waals surface area (Å²) in [4.78, 5) is 88.3. The number of aliphatic hydroxyl groups excluding tert-OH is 1. The fourth-order valence-electron chi connectivity index (χ4n) is 6.38. The second kappa shape index (κ2) is 25.3. The maximum atomic E-state index is 13.1. The summed E-state index contributed by atoms with van der Waals surface area (Å²) in [5, 5.41) is 19.2. The van der Waals surface area contributed by atoms with Gasteiger partial charge < -0.3 is 41.9 Å². The zero-order valence-corrected chi connectivity index (χ0v) is 34.6. The Balaban J connectivity index is 1.84. The lowest BCUT2D eigenvalue weighted by Gasteiger charge is -2.28. The summed E-state index contributed by atoms with van der Waals surface area (Å²) in [6.45, 7) is 9.36. The molecule has 6 amide bonds. The summed E-state index contributed by atoms with van der Waals surface area (Å²) in [5.41, 5.74) is 6.38. The van der Waals surface area contributed by atoms with Gasteiger partial charge in [-0.1, -0.05) is 76.4 Å². The van der Waals surface area contributed by atoms with E-state index >= 15 is 0 Å². The molecule has 1 aliphatic rings. The van der Waals surface area contributed by atoms with Gasteiger partial charge in [-0.05, 0) is 63.9 Å². The number of phosphoric acid groups is 1. The number of likely N-dealkylation sites (tertiary alicyclic amines) is 1. The van der Waals surface area contributed by atoms with Crippen molar-refractivity contribution >= 4 is 43.3 Å². The Hall–Kier alpha value is -4.15. The highest BCUT2D eigenvalue weighted by Gasteiger charge is 2.36. The van der Waals surface area contributed by atoms with Crippen LogP contribution in [-0.2, 0) is 48.8 Å². The van der Waals surface area contributed by atoms with Crippen LogP contribution in [0.4, 0.5) is 0 Å². The molecule has 1 aliphatic heterocycles. The lowest BCUT2D eigenvalue weighted by atomic mass is 10.0. The van der Waals surface area contributed by atoms with Gasteiger partial charge in [-0.25, -0.2) is 4.57 Å². The molecule has 18 heteroatoms. The third-order valence-corrected chi connectivity index (χ3v) is 10.6. The van der Waals surface area contributed by atoms with Crippen LogP contribution >= 0.6 is 7.82 Å². The minimum Gasteiger partial charge on any atom is -0.396 e. The summed E-state index contributed by atoms with van der Waals surface area (Å²) >= 11 is 0. The molecule has 1 saturated heterocycles. The quantitative estimate of drug-likeness (QED) is 0.0385. The van der Waals surface area contributed by atoms with E-state index in [4.69, 9.17) is 19.9 Å². The highest BCUT2D eigenvalue weighted by Crippen LogP contribution is 2.45. The van der Waals surface area contributed by atoms with Crippen molar-refractivity contribution in [3.8, 4) is 0 Å². The van der Waals surface area contributed by atoms with Crippen LogP contribution in [0.15, 0.2) is 42.5 Å². The number of phosphoric ester groups is 1. The van der Waals surface area contributed by atoms with Gasteiger partial charge in [-0.15, -0.1) is 0 Å². The Bertz CT molecular complexity index is 1550. The number of carbonyl (C=O) groups is 6. The molecule has 0 aromatic heterocycles. The number of nitrogens with zero attached hydrogens (tertiary/aromatic N) is 1. The molecule has 0 aliphatic carbocycles. The third-order valence-electron chi connectivity index (χ3n) is 9.45. The lowest BCUT2D eigenvalue weighted by Crippen LogP contribution is -2.56. The molecule has 6 unspecified atom stereocenters. The molecule has 0 bridgehead atoms. The van der Waals surface area contributed by atoms with Gasteiger partial charge in [0, 0.05) is 18.5 Å². The average molecular weight is 823 g/mol. The molecule has 17 nitrogen and oxygen atoms in total. The SMILES string of the molecule is C=C(C(N)=O)C(NC(=O)C(C)NC(=O)CNC(=O)C(CC(C)C)NC(=O)C1CCCN1C(=O)CCO)C(C)OP(=O)(O)OCCCCCCCCc1ccccc1. The van der Waals surface area contributed by atoms with Gasteiger partial charge in [0.2, 0.25) is 35.4 Å². The number of nitrogens with two attached hydrogens (primary N) is 1. The molecular formula is C39H63N6O11P. The second-order valence-electron chi connectivity index (χ2n) is 14.8. The van der Waals surface area contributed by atoms with E-state index in [0.717, 1.165) is 38.5 Å². The molecule has 8 N–H and O–H groups in total. The normalized spacial score (nSPS) is 17.1. The van der Waals surface area contributed by atoms with Crippen molar-refractivity contribution in [1.82, 2.24) is 26.2 Å². The topological polar surface area (TPSA) is 256 Å². The Morgan fingerprint density at radius 1 is 0.947 bits per heavy atom. The molecule has 1 aromatic rings. The van der Waals surface area contributed by atoms with Crippen LogP contribution in [-0.4, -0.2) is 107 Å². The number of carbonyl (C=O) groups excluding carboxylic acids is 6. The van der Waals surface area contributed by atoms with Gasteiger partial charge in [0.25, 0.3) is 0 Å². The summed E-state index contributed by atoms with van der Waals surface area (Å²) in [6.07, 6.45) is 6.26. The largest absolute Gasteiger partial charge is 0.472 e. The van der Waals surface area contributed by atoms with E-state index in [1.54, 1.807) is 0 Å².